The number of hydrogen-bond acceptors (Lipinski definition) is 19. The second kappa shape index (κ2) is 21.2. The average molecular weight is 1030 g/mol. The molecule has 2 aromatic carbocycles. The van der Waals surface area contributed by atoms with E-state index < -0.39 is 151 Å². The van der Waals surface area contributed by atoms with Gasteiger partial charge in [-0.3, -0.25) is 53.0 Å². The van der Waals surface area contributed by atoms with Crippen molar-refractivity contribution in [1.82, 2.24) is 36.4 Å². The first-order valence-electron chi connectivity index (χ1n) is 24.3. The minimum atomic E-state index is -2.29. The SMILES string of the molecule is COc1cccc2c1C(=O)c1c(O)c3c(c(O)c1C2=O)C[C@@](O)(C(=O)NCC1CC(NC(=O)CNC(=O)CNC(=O)CNC(=O)CCN2C(=O)C=CC2=O)C1)C[C@@H]3O[C@H]1C[C@H]2[C@H](O[C@@H]3[C@@H](OC)OCCN32)[C@H](C)O1. The summed E-state index contributed by atoms with van der Waals surface area (Å²) in [6.07, 6.45) is -2.49. The number of methoxy groups -OCH3 is 2. The molecule has 3 saturated heterocycles. The summed E-state index contributed by atoms with van der Waals surface area (Å²) in [6.45, 7) is 1.27. The maximum atomic E-state index is 14.2. The number of carbonyl (C=O) groups excluding carboxylic acids is 9. The van der Waals surface area contributed by atoms with E-state index in [2.05, 4.69) is 31.5 Å². The predicted octanol–water partition coefficient (Wildman–Crippen LogP) is -2.18. The number of hydrogen-bond donors (Lipinski definition) is 8. The van der Waals surface area contributed by atoms with Crippen molar-refractivity contribution in [3.05, 3.63) is 63.7 Å². The topological polar surface area (TPSA) is 336 Å². The summed E-state index contributed by atoms with van der Waals surface area (Å²) in [4.78, 5) is 118. The summed E-state index contributed by atoms with van der Waals surface area (Å²) in [5.74, 6) is -7.39. The van der Waals surface area contributed by atoms with Crippen LogP contribution in [0.1, 0.15) is 88.1 Å². The Morgan fingerprint density at radius 1 is 0.824 bits per heavy atom. The van der Waals surface area contributed by atoms with Crippen LogP contribution >= 0.6 is 0 Å². The number of fused-ring (bicyclic) bond motifs is 6. The van der Waals surface area contributed by atoms with E-state index >= 15 is 0 Å². The van der Waals surface area contributed by atoms with Crippen LogP contribution < -0.4 is 31.3 Å². The fourth-order valence-electron chi connectivity index (χ4n) is 10.8. The number of phenolic OH excluding ortho intramolecular Hbond substituents is 2. The number of amides is 7. The van der Waals surface area contributed by atoms with Crippen LogP contribution in [0.25, 0.3) is 0 Å². The van der Waals surface area contributed by atoms with Crippen LogP contribution in [0.5, 0.6) is 17.2 Å². The third kappa shape index (κ3) is 10.1. The Labute approximate surface area is 422 Å². The number of phenols is 2. The summed E-state index contributed by atoms with van der Waals surface area (Å²) in [5, 5.41) is 49.0. The van der Waals surface area contributed by atoms with Gasteiger partial charge in [-0.15, -0.1) is 0 Å². The second-order valence-corrected chi connectivity index (χ2v) is 19.2. The standard InChI is InChI=1S/C49H57N7O18/c1-22-45-27(55-11-12-71-47(70-3)46(55)74-45)15-36(72-22)73-29-17-49(68,16-26-38(29)44(66)40-39(42(26)64)41(63)25-5-4-6-28(69-2)37(25)43(40)65)48(67)53-18-23-13-24(14-23)54-33(60)21-52-32(59)20-51-31(58)19-50-30(57)9-10-56-34(61)7-8-35(56)62/h4-8,22-24,27,29,36,45-47,64,66,68H,9-21H2,1-3H3,(H,50,57)(H,51,58)(H,52,59)(H,53,67)(H,54,60)/t22-,23?,24?,27-,29-,36-,45+,46+,47-,49-/m0/s1. The molecule has 3 aliphatic carbocycles. The van der Waals surface area contributed by atoms with Crippen LogP contribution in [-0.4, -0.2) is 187 Å². The lowest BCUT2D eigenvalue weighted by Crippen LogP contribution is -2.56. The van der Waals surface area contributed by atoms with Gasteiger partial charge in [0.05, 0.1) is 62.2 Å². The summed E-state index contributed by atoms with van der Waals surface area (Å²) >= 11 is 0. The van der Waals surface area contributed by atoms with Gasteiger partial charge in [-0.25, -0.2) is 0 Å². The van der Waals surface area contributed by atoms with Crippen LogP contribution in [0.3, 0.4) is 0 Å². The predicted molar refractivity (Wildman–Crippen MR) is 249 cm³/mol. The molecule has 8 atom stereocenters. The number of carbonyl (C=O) groups is 9. The van der Waals surface area contributed by atoms with E-state index in [0.29, 0.717) is 26.0 Å². The van der Waals surface area contributed by atoms with E-state index in [4.69, 9.17) is 28.4 Å². The van der Waals surface area contributed by atoms with Gasteiger partial charge in [0.2, 0.25) is 29.4 Å². The van der Waals surface area contributed by atoms with Gasteiger partial charge in [-0.05, 0) is 31.7 Å². The highest BCUT2D eigenvalue weighted by molar-refractivity contribution is 6.31. The van der Waals surface area contributed by atoms with Gasteiger partial charge in [0, 0.05) is 93.4 Å². The van der Waals surface area contributed by atoms with Gasteiger partial charge >= 0.3 is 0 Å². The van der Waals surface area contributed by atoms with E-state index in [-0.39, 0.29) is 71.9 Å². The monoisotopic (exact) mass is 1030 g/mol. The van der Waals surface area contributed by atoms with Gasteiger partial charge in [-0.2, -0.15) is 0 Å². The number of ether oxygens (including phenoxy) is 6. The molecular weight excluding hydrogens is 975 g/mol. The van der Waals surface area contributed by atoms with Crippen molar-refractivity contribution >= 4 is 52.9 Å². The molecule has 0 unspecified atom stereocenters. The molecule has 0 spiro atoms. The molecular formula is C49H57N7O18. The molecule has 4 aliphatic heterocycles. The van der Waals surface area contributed by atoms with Crippen LogP contribution in [0.4, 0.5) is 0 Å². The quantitative estimate of drug-likeness (QED) is 0.0527. The van der Waals surface area contributed by atoms with Crippen molar-refractivity contribution in [1.29, 1.82) is 0 Å². The lowest BCUT2D eigenvalue weighted by atomic mass is 9.72. The third-order valence-electron chi connectivity index (χ3n) is 14.6. The van der Waals surface area contributed by atoms with Crippen molar-refractivity contribution in [3.63, 3.8) is 0 Å². The highest BCUT2D eigenvalue weighted by atomic mass is 16.7. The molecule has 4 heterocycles. The lowest BCUT2D eigenvalue weighted by molar-refractivity contribution is -0.256. The highest BCUT2D eigenvalue weighted by Gasteiger charge is 2.55. The van der Waals surface area contributed by atoms with E-state index in [1.807, 2.05) is 6.92 Å². The Morgan fingerprint density at radius 3 is 2.19 bits per heavy atom. The zero-order valence-corrected chi connectivity index (χ0v) is 40.6. The Bertz CT molecular complexity index is 2690. The Kier molecular flexibility index (Phi) is 14.9. The van der Waals surface area contributed by atoms with Gasteiger partial charge in [-0.1, -0.05) is 12.1 Å². The number of nitrogens with zero attached hydrogens (tertiary/aromatic N) is 2. The molecule has 9 rings (SSSR count). The smallest absolute Gasteiger partial charge is 0.253 e. The molecule has 7 aliphatic rings. The van der Waals surface area contributed by atoms with Gasteiger partial charge in [0.25, 0.3) is 17.7 Å². The molecule has 74 heavy (non-hydrogen) atoms. The first-order chi connectivity index (χ1) is 35.4. The Hall–Kier alpha value is -6.87. The molecule has 2 aromatic rings. The van der Waals surface area contributed by atoms with Crippen LogP contribution in [-0.2, 0) is 63.7 Å². The molecule has 8 N–H and O–H groups in total. The molecule has 0 bridgehead atoms. The minimum Gasteiger partial charge on any atom is -0.507 e. The van der Waals surface area contributed by atoms with Crippen molar-refractivity contribution in [2.24, 2.45) is 5.92 Å². The van der Waals surface area contributed by atoms with Gasteiger partial charge in [0.15, 0.2) is 24.6 Å². The van der Waals surface area contributed by atoms with Crippen LogP contribution in [0, 0.1) is 5.92 Å². The second-order valence-electron chi connectivity index (χ2n) is 19.2. The number of aliphatic hydroxyl groups is 1. The molecule has 1 saturated carbocycles. The zero-order valence-electron chi connectivity index (χ0n) is 40.6. The zero-order chi connectivity index (χ0) is 52.7. The van der Waals surface area contributed by atoms with E-state index in [1.165, 1.54) is 32.4 Å². The van der Waals surface area contributed by atoms with Crippen molar-refractivity contribution in [3.8, 4) is 17.2 Å². The molecule has 0 radical (unpaired) electrons. The summed E-state index contributed by atoms with van der Waals surface area (Å²) in [5.41, 5.74) is -3.70. The molecule has 4 fully saturated rings. The maximum Gasteiger partial charge on any atom is 0.253 e. The van der Waals surface area contributed by atoms with Gasteiger partial charge in [0.1, 0.15) is 29.0 Å². The normalized spacial score (nSPS) is 28.7. The molecule has 0 aromatic heterocycles. The van der Waals surface area contributed by atoms with E-state index in [1.54, 1.807) is 0 Å². The Morgan fingerprint density at radius 2 is 1.50 bits per heavy atom. The van der Waals surface area contributed by atoms with E-state index in [9.17, 15) is 58.5 Å². The van der Waals surface area contributed by atoms with E-state index in [0.717, 1.165) is 17.1 Å². The molecule has 396 valence electrons. The number of imide groups is 1. The largest absolute Gasteiger partial charge is 0.507 e. The lowest BCUT2D eigenvalue weighted by Gasteiger charge is -2.43. The Balaban J connectivity index is 0.804. The van der Waals surface area contributed by atoms with Gasteiger partial charge < -0.3 is 70.3 Å². The number of ketones is 2. The number of rotatable bonds is 17. The number of nitrogens with one attached hydrogen (secondary N) is 5. The van der Waals surface area contributed by atoms with Crippen molar-refractivity contribution < 1.29 is 86.9 Å². The molecule has 25 nitrogen and oxygen atoms in total. The molecule has 25 heteroatoms. The minimum absolute atomic E-state index is 0.0700. The summed E-state index contributed by atoms with van der Waals surface area (Å²) in [7, 11) is 2.85. The molecule has 7 amide bonds. The van der Waals surface area contributed by atoms with Crippen molar-refractivity contribution in [2.75, 3.05) is 60.1 Å². The first-order valence-corrected chi connectivity index (χ1v) is 24.3. The fraction of sp³-hybridized carbons (Fsp3) is 0.531. The fourth-order valence-corrected chi connectivity index (χ4v) is 10.8. The average Bonchev–Trinajstić information content (AvgIpc) is 3.91. The maximum absolute atomic E-state index is 14.2. The first kappa shape index (κ1) is 52.0. The van der Waals surface area contributed by atoms with Crippen LogP contribution in [0.2, 0.25) is 0 Å². The summed E-state index contributed by atoms with van der Waals surface area (Å²) in [6, 6.07) is 3.84. The third-order valence-corrected chi connectivity index (χ3v) is 14.6. The highest BCUT2D eigenvalue weighted by Crippen LogP contribution is 2.53. The van der Waals surface area contributed by atoms with Crippen LogP contribution in [0.15, 0.2) is 30.4 Å². The number of aromatic hydroxyl groups is 2. The number of benzene rings is 2. The number of morpholine rings is 1. The van der Waals surface area contributed by atoms with Crippen molar-refractivity contribution in [2.45, 2.75) is 100 Å². The summed E-state index contributed by atoms with van der Waals surface area (Å²) < 4.78 is 36.0.